The van der Waals surface area contributed by atoms with E-state index in [1.165, 1.54) is 6.20 Å². The predicted octanol–water partition coefficient (Wildman–Crippen LogP) is -2.17. The molecule has 0 aromatic carbocycles. The van der Waals surface area contributed by atoms with E-state index in [2.05, 4.69) is 5.32 Å². The highest BCUT2D eigenvalue weighted by Gasteiger charge is 2.32. The summed E-state index contributed by atoms with van der Waals surface area (Å²) in [6.45, 7) is -0.255. The first-order valence-corrected chi connectivity index (χ1v) is 4.78. The average molecular weight is 230 g/mol. The highest BCUT2D eigenvalue weighted by molar-refractivity contribution is 5.94. The summed E-state index contributed by atoms with van der Waals surface area (Å²) < 4.78 is 5.20. The number of nitrogens with one attached hydrogen (secondary N) is 2. The van der Waals surface area contributed by atoms with Crippen LogP contribution in [0.25, 0.3) is 0 Å². The Morgan fingerprint density at radius 3 is 2.88 bits per heavy atom. The Kier molecular flexibility index (Phi) is 4.90. The highest BCUT2D eigenvalue weighted by atomic mass is 16.5. The Balaban J connectivity index is 2.29. The van der Waals surface area contributed by atoms with Gasteiger partial charge in [-0.1, -0.05) is 0 Å². The van der Waals surface area contributed by atoms with Crippen molar-refractivity contribution in [3.8, 4) is 0 Å². The van der Waals surface area contributed by atoms with Crippen LogP contribution < -0.4 is 10.6 Å². The topological polar surface area (TPSA) is 108 Å². The Bertz CT molecular complexity index is 281. The molecule has 1 aliphatic heterocycles. The van der Waals surface area contributed by atoms with Gasteiger partial charge in [-0.2, -0.15) is 0 Å². The first kappa shape index (κ1) is 12.6. The van der Waals surface area contributed by atoms with Crippen LogP contribution in [0.1, 0.15) is 6.42 Å². The first-order chi connectivity index (χ1) is 7.67. The lowest BCUT2D eigenvalue weighted by Crippen LogP contribution is -2.27. The number of imide groups is 1. The first-order valence-electron chi connectivity index (χ1n) is 4.78. The molecule has 0 radical (unpaired) electrons. The predicted molar refractivity (Wildman–Crippen MR) is 52.9 cm³/mol. The van der Waals surface area contributed by atoms with Gasteiger partial charge in [-0.05, 0) is 0 Å². The minimum atomic E-state index is -0.722. The average Bonchev–Trinajstić information content (AvgIpc) is 2.59. The lowest BCUT2D eigenvalue weighted by Gasteiger charge is -2.11. The van der Waals surface area contributed by atoms with E-state index < -0.39 is 24.3 Å². The molecule has 1 aliphatic rings. The monoisotopic (exact) mass is 230 g/mol. The van der Waals surface area contributed by atoms with Crippen molar-refractivity contribution < 1.29 is 24.5 Å². The highest BCUT2D eigenvalue weighted by Crippen LogP contribution is 2.17. The SMILES string of the molecule is O=CNC(=O)/C=C\N[C@H]1C[C@H](O)[C@@H](CO)O1. The van der Waals surface area contributed by atoms with E-state index in [1.54, 1.807) is 0 Å². The van der Waals surface area contributed by atoms with Crippen molar-refractivity contribution in [2.45, 2.75) is 24.9 Å². The molecule has 0 unspecified atom stereocenters. The van der Waals surface area contributed by atoms with E-state index in [-0.39, 0.29) is 13.0 Å². The molecule has 90 valence electrons. The molecular weight excluding hydrogens is 216 g/mol. The standard InChI is InChI=1S/C9H14N2O5/c12-4-7-6(14)3-9(16-7)10-2-1-8(15)11-5-13/h1-2,5-7,9-10,12,14H,3-4H2,(H,11,13,15)/b2-1-/t6-,7+,9+/m0/s1. The van der Waals surface area contributed by atoms with Gasteiger partial charge in [0, 0.05) is 18.7 Å². The quantitative estimate of drug-likeness (QED) is 0.316. The molecular formula is C9H14N2O5. The number of hydrogen-bond acceptors (Lipinski definition) is 6. The molecule has 7 heteroatoms. The van der Waals surface area contributed by atoms with Gasteiger partial charge in [0.2, 0.25) is 6.41 Å². The molecule has 0 aromatic rings. The number of hydrogen-bond donors (Lipinski definition) is 4. The van der Waals surface area contributed by atoms with Crippen LogP contribution in [0.4, 0.5) is 0 Å². The van der Waals surface area contributed by atoms with Crippen molar-refractivity contribution in [3.05, 3.63) is 12.3 Å². The lowest BCUT2D eigenvalue weighted by molar-refractivity contribution is -0.121. The zero-order valence-corrected chi connectivity index (χ0v) is 8.50. The van der Waals surface area contributed by atoms with Gasteiger partial charge in [-0.25, -0.2) is 0 Å². The van der Waals surface area contributed by atoms with Crippen molar-refractivity contribution in [1.82, 2.24) is 10.6 Å². The van der Waals surface area contributed by atoms with Gasteiger partial charge in [-0.3, -0.25) is 14.9 Å². The minimum absolute atomic E-state index is 0.255. The van der Waals surface area contributed by atoms with Gasteiger partial charge in [-0.15, -0.1) is 0 Å². The van der Waals surface area contributed by atoms with E-state index in [1.807, 2.05) is 5.32 Å². The molecule has 0 saturated carbocycles. The van der Waals surface area contributed by atoms with Crippen LogP contribution in [-0.2, 0) is 14.3 Å². The maximum Gasteiger partial charge on any atom is 0.251 e. The van der Waals surface area contributed by atoms with E-state index >= 15 is 0 Å². The third kappa shape index (κ3) is 3.61. The number of aliphatic hydroxyl groups is 2. The minimum Gasteiger partial charge on any atom is -0.394 e. The summed E-state index contributed by atoms with van der Waals surface area (Å²) in [7, 11) is 0. The summed E-state index contributed by atoms with van der Waals surface area (Å²) in [6.07, 6.45) is 1.27. The Hall–Kier alpha value is -1.44. The second-order valence-corrected chi connectivity index (χ2v) is 3.28. The maximum absolute atomic E-state index is 10.8. The fourth-order valence-corrected chi connectivity index (χ4v) is 1.34. The van der Waals surface area contributed by atoms with E-state index in [9.17, 15) is 14.7 Å². The Labute approximate surface area is 92.1 Å². The van der Waals surface area contributed by atoms with Crippen LogP contribution in [0.5, 0.6) is 0 Å². The smallest absolute Gasteiger partial charge is 0.251 e. The molecule has 1 fully saturated rings. The third-order valence-corrected chi connectivity index (χ3v) is 2.12. The number of amides is 2. The lowest BCUT2D eigenvalue weighted by atomic mass is 10.2. The second kappa shape index (κ2) is 6.21. The molecule has 16 heavy (non-hydrogen) atoms. The molecule has 1 heterocycles. The van der Waals surface area contributed by atoms with Crippen molar-refractivity contribution in [1.29, 1.82) is 0 Å². The molecule has 0 spiro atoms. The third-order valence-electron chi connectivity index (χ3n) is 2.12. The van der Waals surface area contributed by atoms with Crippen LogP contribution in [0.15, 0.2) is 12.3 Å². The summed E-state index contributed by atoms with van der Waals surface area (Å²) in [5.41, 5.74) is 0. The number of aliphatic hydroxyl groups excluding tert-OH is 2. The van der Waals surface area contributed by atoms with Gasteiger partial charge in [0.15, 0.2) is 0 Å². The van der Waals surface area contributed by atoms with E-state index in [4.69, 9.17) is 9.84 Å². The molecule has 1 saturated heterocycles. The van der Waals surface area contributed by atoms with Gasteiger partial charge in [0.25, 0.3) is 5.91 Å². The van der Waals surface area contributed by atoms with Crippen LogP contribution in [0.3, 0.4) is 0 Å². The van der Waals surface area contributed by atoms with Crippen molar-refractivity contribution in [3.63, 3.8) is 0 Å². The van der Waals surface area contributed by atoms with Crippen molar-refractivity contribution in [2.24, 2.45) is 0 Å². The fraction of sp³-hybridized carbons (Fsp3) is 0.556. The molecule has 0 aliphatic carbocycles. The number of ether oxygens (including phenoxy) is 1. The normalized spacial score (nSPS) is 29.2. The van der Waals surface area contributed by atoms with Crippen LogP contribution in [0, 0.1) is 0 Å². The van der Waals surface area contributed by atoms with Crippen LogP contribution in [0.2, 0.25) is 0 Å². The van der Waals surface area contributed by atoms with Gasteiger partial charge >= 0.3 is 0 Å². The summed E-state index contributed by atoms with van der Waals surface area (Å²) in [4.78, 5) is 20.7. The molecule has 0 aromatic heterocycles. The van der Waals surface area contributed by atoms with Gasteiger partial charge in [0.1, 0.15) is 12.3 Å². The molecule has 0 bridgehead atoms. The number of carbonyl (C=O) groups is 2. The largest absolute Gasteiger partial charge is 0.394 e. The van der Waals surface area contributed by atoms with E-state index in [0.717, 1.165) is 6.08 Å². The van der Waals surface area contributed by atoms with Gasteiger partial charge in [0.05, 0.1) is 12.7 Å². The number of rotatable bonds is 5. The van der Waals surface area contributed by atoms with Crippen molar-refractivity contribution in [2.75, 3.05) is 6.61 Å². The molecule has 3 atom stereocenters. The zero-order valence-electron chi connectivity index (χ0n) is 8.50. The molecule has 2 amide bonds. The summed E-state index contributed by atoms with van der Waals surface area (Å²) in [6, 6.07) is 0. The van der Waals surface area contributed by atoms with Crippen molar-refractivity contribution >= 4 is 12.3 Å². The Morgan fingerprint density at radius 1 is 1.56 bits per heavy atom. The molecule has 7 nitrogen and oxygen atoms in total. The number of carbonyl (C=O) groups excluding carboxylic acids is 2. The van der Waals surface area contributed by atoms with Crippen LogP contribution in [-0.4, -0.2) is 47.6 Å². The van der Waals surface area contributed by atoms with Gasteiger partial charge < -0.3 is 20.3 Å². The fourth-order valence-electron chi connectivity index (χ4n) is 1.34. The van der Waals surface area contributed by atoms with Crippen LogP contribution >= 0.6 is 0 Å². The summed E-state index contributed by atoms with van der Waals surface area (Å²) >= 11 is 0. The Morgan fingerprint density at radius 2 is 2.31 bits per heavy atom. The second-order valence-electron chi connectivity index (χ2n) is 3.28. The van der Waals surface area contributed by atoms with E-state index in [0.29, 0.717) is 6.42 Å². The molecule has 4 N–H and O–H groups in total. The maximum atomic E-state index is 10.8. The zero-order chi connectivity index (χ0) is 12.0. The summed E-state index contributed by atoms with van der Waals surface area (Å²) in [5.74, 6) is -0.556. The molecule has 1 rings (SSSR count). The summed E-state index contributed by atoms with van der Waals surface area (Å²) in [5, 5.41) is 22.8.